The molecule has 12 heteroatoms. The van der Waals surface area contributed by atoms with Gasteiger partial charge in [-0.3, -0.25) is 4.79 Å². The summed E-state index contributed by atoms with van der Waals surface area (Å²) in [4.78, 5) is 11.2. The van der Waals surface area contributed by atoms with E-state index in [2.05, 4.69) is 5.32 Å². The normalized spacial score (nSPS) is 46.8. The van der Waals surface area contributed by atoms with Crippen molar-refractivity contribution >= 4 is 5.91 Å². The number of aliphatic hydroxyl groups is 7. The van der Waals surface area contributed by atoms with Crippen LogP contribution in [0, 0.1) is 0 Å². The highest BCUT2D eigenvalue weighted by atomic mass is 16.7. The van der Waals surface area contributed by atoms with Gasteiger partial charge in [-0.05, 0) is 0 Å². The van der Waals surface area contributed by atoms with Gasteiger partial charge in [0.1, 0.15) is 48.8 Å². The van der Waals surface area contributed by atoms with E-state index >= 15 is 0 Å². The number of hydrogen-bond acceptors (Lipinski definition) is 11. The Balaban J connectivity index is 2.16. The zero-order valence-corrected chi connectivity index (χ0v) is 14.0. The first-order chi connectivity index (χ1) is 12.2. The third-order valence-electron chi connectivity index (χ3n) is 4.38. The van der Waals surface area contributed by atoms with Crippen molar-refractivity contribution < 1.29 is 54.8 Å². The number of ether oxygens (including phenoxy) is 3. The minimum absolute atomic E-state index is 0.564. The van der Waals surface area contributed by atoms with Gasteiger partial charge in [0.25, 0.3) is 0 Å². The Morgan fingerprint density at radius 2 is 1.54 bits per heavy atom. The molecule has 2 aliphatic rings. The number of carbonyl (C=O) groups is 1. The standard InChI is InChI=1S/C14H25NO11/c1-4(18)15-7-9(20)12(6(3-17)24-13(7)23)26-14-11(22)10(21)8(19)5(2-16)25-14/h5-14,16-17,19-23H,2-3H2,1H3,(H,15,18)/t5?,6?,7-,8+,9?,10?,11-,12-,13-,14+/m1/s1. The molecule has 12 nitrogen and oxygen atoms in total. The molecule has 0 aliphatic carbocycles. The minimum atomic E-state index is -1.73. The summed E-state index contributed by atoms with van der Waals surface area (Å²) < 4.78 is 15.7. The summed E-state index contributed by atoms with van der Waals surface area (Å²) in [5.74, 6) is -0.564. The average molecular weight is 383 g/mol. The molecule has 2 fully saturated rings. The maximum Gasteiger partial charge on any atom is 0.217 e. The van der Waals surface area contributed by atoms with Crippen molar-refractivity contribution in [3.8, 4) is 0 Å². The van der Waals surface area contributed by atoms with Crippen LogP contribution in [0.25, 0.3) is 0 Å². The second-order valence-electron chi connectivity index (χ2n) is 6.26. The van der Waals surface area contributed by atoms with Gasteiger partial charge >= 0.3 is 0 Å². The number of rotatable bonds is 5. The zero-order chi connectivity index (χ0) is 19.6. The number of amides is 1. The van der Waals surface area contributed by atoms with Gasteiger partial charge in [0.05, 0.1) is 13.2 Å². The van der Waals surface area contributed by atoms with Crippen molar-refractivity contribution in [1.82, 2.24) is 5.32 Å². The predicted octanol–water partition coefficient (Wildman–Crippen LogP) is -5.25. The molecule has 0 bridgehead atoms. The summed E-state index contributed by atoms with van der Waals surface area (Å²) in [7, 11) is 0. The number of hydrogen-bond donors (Lipinski definition) is 8. The van der Waals surface area contributed by atoms with Gasteiger partial charge < -0.3 is 55.3 Å². The second kappa shape index (κ2) is 8.84. The number of aliphatic hydroxyl groups excluding tert-OH is 7. The topological polar surface area (TPSA) is 198 Å². The monoisotopic (exact) mass is 383 g/mol. The molecule has 2 heterocycles. The van der Waals surface area contributed by atoms with Crippen LogP contribution in [-0.4, -0.2) is 116 Å². The molecule has 0 aromatic heterocycles. The molecular weight excluding hydrogens is 358 g/mol. The molecule has 2 rings (SSSR count). The molecule has 2 saturated heterocycles. The second-order valence-corrected chi connectivity index (χ2v) is 6.26. The van der Waals surface area contributed by atoms with E-state index in [9.17, 15) is 40.5 Å². The smallest absolute Gasteiger partial charge is 0.217 e. The summed E-state index contributed by atoms with van der Waals surface area (Å²) in [6, 6.07) is -1.29. The van der Waals surface area contributed by atoms with Crippen LogP contribution in [0.1, 0.15) is 6.92 Å². The van der Waals surface area contributed by atoms with Crippen molar-refractivity contribution in [3.05, 3.63) is 0 Å². The van der Waals surface area contributed by atoms with Crippen molar-refractivity contribution in [2.75, 3.05) is 13.2 Å². The Morgan fingerprint density at radius 3 is 2.08 bits per heavy atom. The molecule has 0 saturated carbocycles. The molecule has 0 spiro atoms. The van der Waals surface area contributed by atoms with Crippen LogP contribution in [-0.2, 0) is 19.0 Å². The minimum Gasteiger partial charge on any atom is -0.394 e. The van der Waals surface area contributed by atoms with Crippen LogP contribution in [0.2, 0.25) is 0 Å². The fraction of sp³-hybridized carbons (Fsp3) is 0.929. The lowest BCUT2D eigenvalue weighted by Crippen LogP contribution is -2.67. The van der Waals surface area contributed by atoms with Crippen LogP contribution in [0.5, 0.6) is 0 Å². The zero-order valence-electron chi connectivity index (χ0n) is 14.0. The van der Waals surface area contributed by atoms with Gasteiger partial charge in [0.15, 0.2) is 12.6 Å². The number of carbonyl (C=O) groups excluding carboxylic acids is 1. The first kappa shape index (κ1) is 21.4. The van der Waals surface area contributed by atoms with E-state index in [1.165, 1.54) is 0 Å². The van der Waals surface area contributed by atoms with Crippen LogP contribution >= 0.6 is 0 Å². The van der Waals surface area contributed by atoms with Gasteiger partial charge in [-0.15, -0.1) is 0 Å². The molecule has 152 valence electrons. The summed E-state index contributed by atoms with van der Waals surface area (Å²) in [5, 5.41) is 70.7. The van der Waals surface area contributed by atoms with E-state index in [-0.39, 0.29) is 0 Å². The molecule has 8 N–H and O–H groups in total. The lowest BCUT2D eigenvalue weighted by atomic mass is 9.95. The van der Waals surface area contributed by atoms with Crippen LogP contribution in [0.15, 0.2) is 0 Å². The Kier molecular flexibility index (Phi) is 7.27. The molecular formula is C14H25NO11. The van der Waals surface area contributed by atoms with Gasteiger partial charge in [-0.25, -0.2) is 0 Å². The first-order valence-corrected chi connectivity index (χ1v) is 8.06. The van der Waals surface area contributed by atoms with E-state index < -0.39 is 80.5 Å². The quantitative estimate of drug-likeness (QED) is 0.226. The molecule has 4 unspecified atom stereocenters. The summed E-state index contributed by atoms with van der Waals surface area (Å²) in [6.45, 7) is -0.195. The molecule has 1 amide bonds. The Hall–Kier alpha value is -0.930. The fourth-order valence-electron chi connectivity index (χ4n) is 2.98. The molecule has 0 aromatic carbocycles. The molecule has 26 heavy (non-hydrogen) atoms. The van der Waals surface area contributed by atoms with E-state index in [0.29, 0.717) is 0 Å². The lowest BCUT2D eigenvalue weighted by molar-refractivity contribution is -0.345. The van der Waals surface area contributed by atoms with E-state index in [4.69, 9.17) is 14.2 Å². The number of nitrogens with one attached hydrogen (secondary N) is 1. The van der Waals surface area contributed by atoms with Gasteiger partial charge in [-0.1, -0.05) is 0 Å². The van der Waals surface area contributed by atoms with Gasteiger partial charge in [-0.2, -0.15) is 0 Å². The summed E-state index contributed by atoms with van der Waals surface area (Å²) >= 11 is 0. The van der Waals surface area contributed by atoms with Crippen LogP contribution < -0.4 is 5.32 Å². The highest BCUT2D eigenvalue weighted by molar-refractivity contribution is 5.73. The fourth-order valence-corrected chi connectivity index (χ4v) is 2.98. The Labute approximate surface area is 148 Å². The van der Waals surface area contributed by atoms with E-state index in [1.54, 1.807) is 0 Å². The highest BCUT2D eigenvalue weighted by Crippen LogP contribution is 2.28. The average Bonchev–Trinajstić information content (AvgIpc) is 2.60. The summed E-state index contributed by atoms with van der Waals surface area (Å²) in [5.41, 5.74) is 0. The lowest BCUT2D eigenvalue weighted by Gasteiger charge is -2.46. The third-order valence-corrected chi connectivity index (χ3v) is 4.38. The Bertz CT molecular complexity index is 478. The van der Waals surface area contributed by atoms with Gasteiger partial charge in [0, 0.05) is 6.92 Å². The molecule has 2 aliphatic heterocycles. The first-order valence-electron chi connectivity index (χ1n) is 8.06. The highest BCUT2D eigenvalue weighted by Gasteiger charge is 2.50. The SMILES string of the molecule is CC(=O)N[C@@H]1C(O)[C@H](O[C@@H]2OC(CO)[C@H](O)C(O)[C@H]2O)C(CO)O[C@H]1O. The third kappa shape index (κ3) is 4.31. The van der Waals surface area contributed by atoms with Crippen molar-refractivity contribution in [1.29, 1.82) is 0 Å². The maximum absolute atomic E-state index is 11.2. The Morgan fingerprint density at radius 1 is 0.923 bits per heavy atom. The predicted molar refractivity (Wildman–Crippen MR) is 80.2 cm³/mol. The molecule has 0 radical (unpaired) electrons. The summed E-state index contributed by atoms with van der Waals surface area (Å²) in [6.07, 6.45) is -13.6. The molecule has 10 atom stereocenters. The van der Waals surface area contributed by atoms with Crippen molar-refractivity contribution in [3.63, 3.8) is 0 Å². The van der Waals surface area contributed by atoms with Crippen molar-refractivity contribution in [2.45, 2.75) is 68.3 Å². The maximum atomic E-state index is 11.2. The van der Waals surface area contributed by atoms with Crippen molar-refractivity contribution in [2.24, 2.45) is 0 Å². The molecule has 0 aromatic rings. The van der Waals surface area contributed by atoms with Gasteiger partial charge in [0.2, 0.25) is 5.91 Å². The van der Waals surface area contributed by atoms with E-state index in [1.807, 2.05) is 0 Å². The van der Waals surface area contributed by atoms with Crippen LogP contribution in [0.3, 0.4) is 0 Å². The largest absolute Gasteiger partial charge is 0.394 e. The van der Waals surface area contributed by atoms with Crippen LogP contribution in [0.4, 0.5) is 0 Å². The van der Waals surface area contributed by atoms with E-state index in [0.717, 1.165) is 6.92 Å².